The van der Waals surface area contributed by atoms with Crippen molar-refractivity contribution < 1.29 is 18.9 Å². The van der Waals surface area contributed by atoms with Crippen LogP contribution in [-0.2, 0) is 23.0 Å². The second kappa shape index (κ2) is 10.9. The fraction of sp³-hybridized carbons (Fsp3) is 0.517. The van der Waals surface area contributed by atoms with Gasteiger partial charge in [-0.2, -0.15) is 0 Å². The van der Waals surface area contributed by atoms with Crippen LogP contribution in [0.2, 0.25) is 7.25 Å². The van der Waals surface area contributed by atoms with E-state index in [1.807, 2.05) is 11.1 Å². The van der Waals surface area contributed by atoms with Crippen molar-refractivity contribution in [3.63, 3.8) is 0 Å². The summed E-state index contributed by atoms with van der Waals surface area (Å²) in [6, 6.07) is 11.5. The van der Waals surface area contributed by atoms with Gasteiger partial charge in [0, 0.05) is 0 Å². The van der Waals surface area contributed by atoms with Crippen LogP contribution in [0, 0.1) is 11.8 Å². The molecule has 4 aliphatic carbocycles. The summed E-state index contributed by atoms with van der Waals surface area (Å²) in [6.07, 6.45) is 13.6. The molecule has 0 aromatic heterocycles. The smallest absolute Gasteiger partial charge is 0.147 e. The minimum atomic E-state index is -2.76. The first-order valence-corrected chi connectivity index (χ1v) is 23.1. The van der Waals surface area contributed by atoms with Gasteiger partial charge in [-0.3, -0.25) is 0 Å². The Morgan fingerprint density at radius 2 is 1.24 bits per heavy atom. The average Bonchev–Trinajstić information content (AvgIpc) is 3.27. The topological polar surface area (TPSA) is 0 Å². The third-order valence-corrected chi connectivity index (χ3v) is 27.4. The van der Waals surface area contributed by atoms with E-state index in [0.29, 0.717) is 0 Å². The molecule has 33 heavy (non-hydrogen) atoms. The molecule has 0 radical (unpaired) electrons. The van der Waals surface area contributed by atoms with Crippen LogP contribution >= 0.6 is 24.8 Å². The van der Waals surface area contributed by atoms with Crippen LogP contribution in [0.25, 0.3) is 0 Å². The summed E-state index contributed by atoms with van der Waals surface area (Å²) in [4.78, 5) is 0. The van der Waals surface area contributed by atoms with E-state index in [0.717, 1.165) is 19.1 Å². The molecule has 0 fully saturated rings. The normalized spacial score (nSPS) is 30.4. The summed E-state index contributed by atoms with van der Waals surface area (Å²) < 4.78 is 3.00. The second-order valence-electron chi connectivity index (χ2n) is 11.1. The predicted octanol–water partition coefficient (Wildman–Crippen LogP) is 8.46. The molecule has 5 rings (SSSR count). The van der Waals surface area contributed by atoms with E-state index >= 15 is 0 Å². The molecule has 4 aliphatic rings. The summed E-state index contributed by atoms with van der Waals surface area (Å²) in [5.74, 6) is 1.54. The minimum absolute atomic E-state index is 0. The largest absolute Gasteiger partial charge is 0.147 e. The molecule has 0 spiro atoms. The molecule has 4 atom stereocenters. The molecule has 0 amide bonds. The summed E-state index contributed by atoms with van der Waals surface area (Å²) >= 11 is -2.76. The van der Waals surface area contributed by atoms with Crippen LogP contribution in [0.15, 0.2) is 75.9 Å². The molecule has 0 saturated carbocycles. The Bertz CT molecular complexity index is 1000. The Balaban J connectivity index is 0.00000153. The van der Waals surface area contributed by atoms with Gasteiger partial charge in [-0.15, -0.1) is 24.8 Å². The van der Waals surface area contributed by atoms with Crippen LogP contribution in [-0.4, -0.2) is 6.88 Å². The summed E-state index contributed by atoms with van der Waals surface area (Å²) in [5.41, 5.74) is 12.3. The SMILES string of the molecule is CC1=CC2=C(CCCC2C)[CH]1[Zr](=[SiH2])([CH2]c1ccccc1)[CH]1C(C)=CC2=C1CCCC2C.Cl.Cl. The number of hydrogen-bond acceptors (Lipinski definition) is 0. The van der Waals surface area contributed by atoms with Crippen LogP contribution in [0.3, 0.4) is 0 Å². The van der Waals surface area contributed by atoms with Gasteiger partial charge < -0.3 is 0 Å². The van der Waals surface area contributed by atoms with E-state index in [-0.39, 0.29) is 24.8 Å². The molecule has 179 valence electrons. The van der Waals surface area contributed by atoms with E-state index < -0.39 is 18.9 Å². The van der Waals surface area contributed by atoms with Gasteiger partial charge in [0.25, 0.3) is 0 Å². The van der Waals surface area contributed by atoms with Crippen molar-refractivity contribution in [3.05, 3.63) is 81.5 Å². The number of allylic oxidation sites excluding steroid dienone is 8. The van der Waals surface area contributed by atoms with Gasteiger partial charge in [-0.25, -0.2) is 0 Å². The average molecular weight is 580 g/mol. The van der Waals surface area contributed by atoms with Gasteiger partial charge in [-0.1, -0.05) is 0 Å². The minimum Gasteiger partial charge on any atom is -0.147 e. The molecule has 0 nitrogen and oxygen atoms in total. The first kappa shape index (κ1) is 27.4. The molecular weight excluding hydrogens is 539 g/mol. The van der Waals surface area contributed by atoms with E-state index in [2.05, 4.69) is 77.1 Å². The molecule has 1 aromatic rings. The third-order valence-electron chi connectivity index (χ3n) is 8.87. The molecule has 0 N–H and O–H groups in total. The van der Waals surface area contributed by atoms with Crippen molar-refractivity contribution in [3.8, 4) is 0 Å². The monoisotopic (exact) mass is 577 g/mol. The molecule has 4 heteroatoms. The van der Waals surface area contributed by atoms with Crippen molar-refractivity contribution >= 4 is 31.7 Å². The fourth-order valence-electron chi connectivity index (χ4n) is 7.68. The molecule has 0 aliphatic heterocycles. The molecule has 0 saturated heterocycles. The van der Waals surface area contributed by atoms with Crippen molar-refractivity contribution in [2.45, 2.75) is 77.6 Å². The van der Waals surface area contributed by atoms with Gasteiger partial charge in [0.2, 0.25) is 0 Å². The van der Waals surface area contributed by atoms with Gasteiger partial charge in [0.1, 0.15) is 0 Å². The predicted molar refractivity (Wildman–Crippen MR) is 148 cm³/mol. The van der Waals surface area contributed by atoms with Gasteiger partial charge in [0.05, 0.1) is 0 Å². The van der Waals surface area contributed by atoms with Crippen LogP contribution in [0.4, 0.5) is 0 Å². The second-order valence-corrected chi connectivity index (χ2v) is 28.6. The maximum absolute atomic E-state index is 2.76. The Labute approximate surface area is 220 Å². The van der Waals surface area contributed by atoms with E-state index in [1.54, 1.807) is 27.9 Å². The summed E-state index contributed by atoms with van der Waals surface area (Å²) in [5, 5.41) is 0. The first-order valence-electron chi connectivity index (χ1n) is 12.6. The van der Waals surface area contributed by atoms with Crippen LogP contribution in [0.5, 0.6) is 0 Å². The number of hydrogen-bond donors (Lipinski definition) is 0. The van der Waals surface area contributed by atoms with Crippen molar-refractivity contribution in [1.29, 1.82) is 0 Å². The van der Waals surface area contributed by atoms with E-state index in [9.17, 15) is 0 Å². The van der Waals surface area contributed by atoms with Gasteiger partial charge in [-0.05, 0) is 0 Å². The standard InChI is InChI=1S/2C11H15.C7H7.2ClH.H2Si.Zr/c2*1-8-6-10-5-3-4-9(2)11(10)7-8;1-7-5-3-2-4-6-7;;;;/h2*6-7,9H,3-5H2,1-2H3;2-6H,1H2;2*1H;1H2;. The van der Waals surface area contributed by atoms with E-state index in [4.69, 9.17) is 0 Å². The van der Waals surface area contributed by atoms with Crippen LogP contribution in [0.1, 0.15) is 71.8 Å². The molecule has 0 bridgehead atoms. The number of rotatable bonds is 4. The zero-order chi connectivity index (χ0) is 21.8. The molecule has 0 heterocycles. The Morgan fingerprint density at radius 1 is 0.788 bits per heavy atom. The van der Waals surface area contributed by atoms with Crippen molar-refractivity contribution in [2.24, 2.45) is 11.8 Å². The summed E-state index contributed by atoms with van der Waals surface area (Å²) in [7, 11) is 0. The van der Waals surface area contributed by atoms with Crippen LogP contribution < -0.4 is 0 Å². The molecule has 4 unspecified atom stereocenters. The Morgan fingerprint density at radius 3 is 1.70 bits per heavy atom. The summed E-state index contributed by atoms with van der Waals surface area (Å²) in [6.45, 7) is 12.5. The fourth-order valence-corrected chi connectivity index (χ4v) is 30.2. The number of benzene rings is 1. The molecule has 1 aromatic carbocycles. The maximum atomic E-state index is 2.65. The van der Waals surface area contributed by atoms with Crippen molar-refractivity contribution in [2.75, 3.05) is 0 Å². The number of halogens is 2. The zero-order valence-corrected chi connectivity index (χ0v) is 26.3. The third kappa shape index (κ3) is 4.81. The Hall–Kier alpha value is -0.140. The Kier molecular flexibility index (Phi) is 9.03. The van der Waals surface area contributed by atoms with Gasteiger partial charge in [0.15, 0.2) is 0 Å². The van der Waals surface area contributed by atoms with Crippen molar-refractivity contribution in [1.82, 2.24) is 0 Å². The first-order chi connectivity index (χ1) is 14.9. The molecular formula is C29H41Cl2SiZr. The van der Waals surface area contributed by atoms with Gasteiger partial charge >= 0.3 is 197 Å². The quantitative estimate of drug-likeness (QED) is 0.314. The maximum Gasteiger partial charge on any atom is -0.147 e. The van der Waals surface area contributed by atoms with E-state index in [1.165, 1.54) is 42.7 Å². The zero-order valence-electron chi connectivity index (χ0n) is 20.8.